The van der Waals surface area contributed by atoms with Crippen molar-refractivity contribution in [2.45, 2.75) is 33.1 Å². The van der Waals surface area contributed by atoms with Crippen LogP contribution >= 0.6 is 0 Å². The Kier molecular flexibility index (Phi) is 4.82. The van der Waals surface area contributed by atoms with Crippen LogP contribution in [0.5, 0.6) is 0 Å². The van der Waals surface area contributed by atoms with Crippen molar-refractivity contribution in [3.05, 3.63) is 35.6 Å². The molecule has 0 aliphatic rings. The van der Waals surface area contributed by atoms with Crippen molar-refractivity contribution in [3.63, 3.8) is 0 Å². The van der Waals surface area contributed by atoms with Crippen LogP contribution in [0.3, 0.4) is 0 Å². The monoisotopic (exact) mass is 237 g/mol. The highest BCUT2D eigenvalue weighted by Crippen LogP contribution is 2.27. The van der Waals surface area contributed by atoms with Gasteiger partial charge >= 0.3 is 0 Å². The van der Waals surface area contributed by atoms with Crippen molar-refractivity contribution >= 4 is 5.78 Å². The maximum absolute atomic E-state index is 13.0. The second-order valence-corrected chi connectivity index (χ2v) is 4.42. The lowest BCUT2D eigenvalue weighted by Gasteiger charge is -2.28. The van der Waals surface area contributed by atoms with Gasteiger partial charge in [0.25, 0.3) is 0 Å². The third kappa shape index (κ3) is 3.13. The van der Waals surface area contributed by atoms with Crippen molar-refractivity contribution < 1.29 is 9.18 Å². The van der Waals surface area contributed by atoms with Gasteiger partial charge in [-0.15, -0.1) is 0 Å². The van der Waals surface area contributed by atoms with Gasteiger partial charge in [-0.2, -0.15) is 0 Å². The van der Waals surface area contributed by atoms with Crippen molar-refractivity contribution in [3.8, 4) is 0 Å². The van der Waals surface area contributed by atoms with Crippen LogP contribution in [-0.4, -0.2) is 12.3 Å². The number of carbonyl (C=O) groups excluding carboxylic acids is 1. The SMILES string of the molecule is CCC(CC)(CN)C(=O)Cc1cccc(F)c1. The summed E-state index contributed by atoms with van der Waals surface area (Å²) in [5.41, 5.74) is 5.98. The average Bonchev–Trinajstić information content (AvgIpc) is 2.32. The minimum absolute atomic E-state index is 0.107. The van der Waals surface area contributed by atoms with Crippen LogP contribution < -0.4 is 5.73 Å². The summed E-state index contributed by atoms with van der Waals surface area (Å²) in [5.74, 6) is -0.197. The summed E-state index contributed by atoms with van der Waals surface area (Å²) in [6.45, 7) is 4.30. The van der Waals surface area contributed by atoms with Crippen molar-refractivity contribution in [1.29, 1.82) is 0 Å². The van der Waals surface area contributed by atoms with E-state index < -0.39 is 5.41 Å². The number of Topliss-reactive ketones (excluding diaryl/α,β-unsaturated/α-hetero) is 1. The van der Waals surface area contributed by atoms with Crippen LogP contribution in [0, 0.1) is 11.2 Å². The Labute approximate surface area is 102 Å². The standard InChI is InChI=1S/C14H20FNO/c1-3-14(4-2,10-16)13(17)9-11-6-5-7-12(15)8-11/h5-8H,3-4,9-10,16H2,1-2H3. The molecule has 0 radical (unpaired) electrons. The lowest BCUT2D eigenvalue weighted by molar-refractivity contribution is -0.128. The Morgan fingerprint density at radius 1 is 1.35 bits per heavy atom. The van der Waals surface area contributed by atoms with Gasteiger partial charge in [-0.3, -0.25) is 4.79 Å². The van der Waals surface area contributed by atoms with Gasteiger partial charge in [0.15, 0.2) is 0 Å². The average molecular weight is 237 g/mol. The Balaban J connectivity index is 2.84. The lowest BCUT2D eigenvalue weighted by Crippen LogP contribution is -2.38. The molecule has 0 fully saturated rings. The van der Waals surface area contributed by atoms with E-state index >= 15 is 0 Å². The van der Waals surface area contributed by atoms with Crippen LogP contribution in [0.4, 0.5) is 4.39 Å². The highest BCUT2D eigenvalue weighted by molar-refractivity contribution is 5.87. The van der Waals surface area contributed by atoms with Crippen LogP contribution in [0.25, 0.3) is 0 Å². The molecule has 1 aromatic carbocycles. The molecular formula is C14H20FNO. The predicted octanol–water partition coefficient (Wildman–Crippen LogP) is 2.70. The van der Waals surface area contributed by atoms with E-state index in [0.29, 0.717) is 6.54 Å². The molecule has 0 unspecified atom stereocenters. The molecule has 2 nitrogen and oxygen atoms in total. The third-order valence-electron chi connectivity index (χ3n) is 3.59. The smallest absolute Gasteiger partial charge is 0.144 e. The number of nitrogens with two attached hydrogens (primary N) is 1. The van der Waals surface area contributed by atoms with E-state index in [-0.39, 0.29) is 18.0 Å². The van der Waals surface area contributed by atoms with Crippen LogP contribution in [-0.2, 0) is 11.2 Å². The topological polar surface area (TPSA) is 43.1 Å². The molecule has 0 aliphatic carbocycles. The normalized spacial score (nSPS) is 11.5. The van der Waals surface area contributed by atoms with Gasteiger partial charge in [0.2, 0.25) is 0 Å². The Morgan fingerprint density at radius 3 is 2.47 bits per heavy atom. The number of halogens is 1. The van der Waals surface area contributed by atoms with E-state index in [4.69, 9.17) is 5.73 Å². The maximum atomic E-state index is 13.0. The molecule has 0 bridgehead atoms. The first-order valence-corrected chi connectivity index (χ1v) is 6.05. The second kappa shape index (κ2) is 5.92. The van der Waals surface area contributed by atoms with E-state index in [2.05, 4.69) is 0 Å². The van der Waals surface area contributed by atoms with Gasteiger partial charge < -0.3 is 5.73 Å². The number of benzene rings is 1. The summed E-state index contributed by atoms with van der Waals surface area (Å²) in [5, 5.41) is 0. The molecule has 0 spiro atoms. The summed E-state index contributed by atoms with van der Waals surface area (Å²) in [6, 6.07) is 6.18. The van der Waals surface area contributed by atoms with Crippen LogP contribution in [0.15, 0.2) is 24.3 Å². The molecule has 3 heteroatoms. The molecule has 17 heavy (non-hydrogen) atoms. The zero-order chi connectivity index (χ0) is 12.9. The van der Waals surface area contributed by atoms with E-state index in [1.165, 1.54) is 12.1 Å². The predicted molar refractivity (Wildman–Crippen MR) is 67.2 cm³/mol. The molecule has 1 aromatic rings. The highest BCUT2D eigenvalue weighted by Gasteiger charge is 2.32. The van der Waals surface area contributed by atoms with E-state index in [1.54, 1.807) is 12.1 Å². The number of hydrogen-bond donors (Lipinski definition) is 1. The largest absolute Gasteiger partial charge is 0.329 e. The molecule has 1 rings (SSSR count). The molecule has 0 amide bonds. The van der Waals surface area contributed by atoms with Gasteiger partial charge in [-0.05, 0) is 30.5 Å². The van der Waals surface area contributed by atoms with E-state index in [1.807, 2.05) is 13.8 Å². The Morgan fingerprint density at radius 2 is 2.00 bits per heavy atom. The first-order chi connectivity index (χ1) is 8.07. The van der Waals surface area contributed by atoms with E-state index in [9.17, 15) is 9.18 Å². The Bertz CT molecular complexity index is 377. The minimum Gasteiger partial charge on any atom is -0.329 e. The van der Waals surface area contributed by atoms with Gasteiger partial charge in [0.1, 0.15) is 11.6 Å². The third-order valence-corrected chi connectivity index (χ3v) is 3.59. The Hall–Kier alpha value is -1.22. The van der Waals surface area contributed by atoms with E-state index in [0.717, 1.165) is 18.4 Å². The summed E-state index contributed by atoms with van der Waals surface area (Å²) in [4.78, 5) is 12.2. The fourth-order valence-corrected chi connectivity index (χ4v) is 2.07. The first kappa shape index (κ1) is 13.8. The van der Waals surface area contributed by atoms with Gasteiger partial charge in [-0.25, -0.2) is 4.39 Å². The summed E-state index contributed by atoms with van der Waals surface area (Å²) in [6.07, 6.45) is 1.72. The second-order valence-electron chi connectivity index (χ2n) is 4.42. The summed E-state index contributed by atoms with van der Waals surface area (Å²) in [7, 11) is 0. The maximum Gasteiger partial charge on any atom is 0.144 e. The van der Waals surface area contributed by atoms with Gasteiger partial charge in [-0.1, -0.05) is 26.0 Å². The van der Waals surface area contributed by atoms with Gasteiger partial charge in [0.05, 0.1) is 0 Å². The first-order valence-electron chi connectivity index (χ1n) is 6.05. The quantitative estimate of drug-likeness (QED) is 0.826. The van der Waals surface area contributed by atoms with Crippen molar-refractivity contribution in [2.24, 2.45) is 11.1 Å². The molecule has 94 valence electrons. The fourth-order valence-electron chi connectivity index (χ4n) is 2.07. The van der Waals surface area contributed by atoms with Gasteiger partial charge in [0, 0.05) is 18.4 Å². The highest BCUT2D eigenvalue weighted by atomic mass is 19.1. The molecule has 0 saturated heterocycles. The zero-order valence-electron chi connectivity index (χ0n) is 10.5. The molecule has 2 N–H and O–H groups in total. The zero-order valence-corrected chi connectivity index (χ0v) is 10.5. The molecule has 0 heterocycles. The van der Waals surface area contributed by atoms with Crippen LogP contribution in [0.2, 0.25) is 0 Å². The molecule has 0 atom stereocenters. The molecule has 0 aromatic heterocycles. The molecule has 0 aliphatic heterocycles. The number of rotatable bonds is 6. The summed E-state index contributed by atoms with van der Waals surface area (Å²) >= 11 is 0. The molecular weight excluding hydrogens is 217 g/mol. The summed E-state index contributed by atoms with van der Waals surface area (Å²) < 4.78 is 13.0. The number of hydrogen-bond acceptors (Lipinski definition) is 2. The number of ketones is 1. The van der Waals surface area contributed by atoms with Crippen LogP contribution in [0.1, 0.15) is 32.3 Å². The minimum atomic E-state index is -0.452. The van der Waals surface area contributed by atoms with Crippen molar-refractivity contribution in [2.75, 3.05) is 6.54 Å². The number of carbonyl (C=O) groups is 1. The fraction of sp³-hybridized carbons (Fsp3) is 0.500. The van der Waals surface area contributed by atoms with Crippen molar-refractivity contribution in [1.82, 2.24) is 0 Å². The lowest BCUT2D eigenvalue weighted by atomic mass is 9.76. The molecule has 0 saturated carbocycles.